The molecule has 4 rings (SSSR count). The standard InChI is InChI=1S/C24H20N4O2/c29-24(27-16-18-12-14-25-15-13-18)23-11-8-20(17-26-23)28-19-6-9-22(10-7-19)30-21-4-2-1-3-5-21/h1-15,17,28H,16H2,(H,27,29). The molecule has 6 heteroatoms. The summed E-state index contributed by atoms with van der Waals surface area (Å²) in [7, 11) is 0. The highest BCUT2D eigenvalue weighted by atomic mass is 16.5. The highest BCUT2D eigenvalue weighted by Gasteiger charge is 2.07. The zero-order valence-electron chi connectivity index (χ0n) is 16.2. The van der Waals surface area contributed by atoms with E-state index >= 15 is 0 Å². The molecule has 0 bridgehead atoms. The van der Waals surface area contributed by atoms with E-state index in [1.54, 1.807) is 24.7 Å². The second kappa shape index (κ2) is 9.34. The zero-order valence-corrected chi connectivity index (χ0v) is 16.2. The van der Waals surface area contributed by atoms with Crippen LogP contribution in [0.4, 0.5) is 11.4 Å². The Kier molecular flexibility index (Phi) is 5.96. The van der Waals surface area contributed by atoms with Crippen LogP contribution in [0.25, 0.3) is 0 Å². The molecule has 30 heavy (non-hydrogen) atoms. The summed E-state index contributed by atoms with van der Waals surface area (Å²) < 4.78 is 5.79. The predicted molar refractivity (Wildman–Crippen MR) is 116 cm³/mol. The van der Waals surface area contributed by atoms with Crippen molar-refractivity contribution in [2.24, 2.45) is 0 Å². The van der Waals surface area contributed by atoms with Crippen molar-refractivity contribution in [1.29, 1.82) is 0 Å². The Morgan fingerprint density at radius 1 is 0.800 bits per heavy atom. The molecule has 0 saturated carbocycles. The van der Waals surface area contributed by atoms with Gasteiger partial charge in [0.15, 0.2) is 0 Å². The van der Waals surface area contributed by atoms with Crippen molar-refractivity contribution in [3.63, 3.8) is 0 Å². The smallest absolute Gasteiger partial charge is 0.270 e. The highest BCUT2D eigenvalue weighted by molar-refractivity contribution is 5.92. The summed E-state index contributed by atoms with van der Waals surface area (Å²) in [6.45, 7) is 0.431. The van der Waals surface area contributed by atoms with Gasteiger partial charge >= 0.3 is 0 Å². The number of hydrogen-bond donors (Lipinski definition) is 2. The number of benzene rings is 2. The maximum absolute atomic E-state index is 12.3. The molecule has 2 aromatic heterocycles. The molecule has 4 aromatic rings. The maximum atomic E-state index is 12.3. The Morgan fingerprint density at radius 3 is 2.20 bits per heavy atom. The van der Waals surface area contributed by atoms with Gasteiger partial charge in [-0.25, -0.2) is 4.98 Å². The number of carbonyl (C=O) groups is 1. The lowest BCUT2D eigenvalue weighted by Gasteiger charge is -2.09. The van der Waals surface area contributed by atoms with Crippen LogP contribution in [0, 0.1) is 0 Å². The average molecular weight is 396 g/mol. The molecular formula is C24H20N4O2. The van der Waals surface area contributed by atoms with Gasteiger partial charge in [-0.2, -0.15) is 0 Å². The van der Waals surface area contributed by atoms with Crippen LogP contribution in [0.5, 0.6) is 11.5 Å². The van der Waals surface area contributed by atoms with Crippen molar-refractivity contribution in [2.75, 3.05) is 5.32 Å². The number of ether oxygens (including phenoxy) is 1. The van der Waals surface area contributed by atoms with Gasteiger partial charge in [0.05, 0.1) is 11.9 Å². The summed E-state index contributed by atoms with van der Waals surface area (Å²) in [5, 5.41) is 6.11. The van der Waals surface area contributed by atoms with Crippen molar-refractivity contribution >= 4 is 17.3 Å². The first-order chi connectivity index (χ1) is 14.8. The molecular weight excluding hydrogens is 376 g/mol. The van der Waals surface area contributed by atoms with E-state index < -0.39 is 0 Å². The van der Waals surface area contributed by atoms with E-state index in [4.69, 9.17) is 4.74 Å². The fourth-order valence-corrected chi connectivity index (χ4v) is 2.77. The summed E-state index contributed by atoms with van der Waals surface area (Å²) in [6, 6.07) is 24.5. The average Bonchev–Trinajstić information content (AvgIpc) is 2.81. The van der Waals surface area contributed by atoms with Gasteiger partial charge in [0.1, 0.15) is 17.2 Å². The molecule has 0 saturated heterocycles. The number of anilines is 2. The number of nitrogens with zero attached hydrogens (tertiary/aromatic N) is 2. The molecule has 0 spiro atoms. The van der Waals surface area contributed by atoms with Crippen LogP contribution in [-0.4, -0.2) is 15.9 Å². The van der Waals surface area contributed by atoms with Gasteiger partial charge in [-0.05, 0) is 66.2 Å². The highest BCUT2D eigenvalue weighted by Crippen LogP contribution is 2.24. The SMILES string of the molecule is O=C(NCc1ccncc1)c1ccc(Nc2ccc(Oc3ccccc3)cc2)cn1. The number of amides is 1. The molecule has 1 amide bonds. The fourth-order valence-electron chi connectivity index (χ4n) is 2.77. The second-order valence-electron chi connectivity index (χ2n) is 6.53. The van der Waals surface area contributed by atoms with Gasteiger partial charge in [0.25, 0.3) is 5.91 Å². The lowest BCUT2D eigenvalue weighted by Crippen LogP contribution is -2.23. The first-order valence-electron chi connectivity index (χ1n) is 9.49. The van der Waals surface area contributed by atoms with Crippen molar-refractivity contribution < 1.29 is 9.53 Å². The molecule has 0 fully saturated rings. The molecule has 148 valence electrons. The van der Waals surface area contributed by atoms with Crippen LogP contribution in [0.1, 0.15) is 16.1 Å². The van der Waals surface area contributed by atoms with E-state index in [0.29, 0.717) is 12.2 Å². The van der Waals surface area contributed by atoms with Crippen LogP contribution in [0.15, 0.2) is 97.5 Å². The second-order valence-corrected chi connectivity index (χ2v) is 6.53. The molecule has 2 aromatic carbocycles. The first-order valence-corrected chi connectivity index (χ1v) is 9.49. The Balaban J connectivity index is 1.32. The number of carbonyl (C=O) groups excluding carboxylic acids is 1. The number of aromatic nitrogens is 2. The summed E-state index contributed by atoms with van der Waals surface area (Å²) in [6.07, 6.45) is 5.02. The molecule has 2 N–H and O–H groups in total. The monoisotopic (exact) mass is 396 g/mol. The molecule has 0 aliphatic heterocycles. The molecule has 0 radical (unpaired) electrons. The number of nitrogens with one attached hydrogen (secondary N) is 2. The number of para-hydroxylation sites is 1. The third kappa shape index (κ3) is 5.20. The van der Waals surface area contributed by atoms with Crippen LogP contribution in [-0.2, 0) is 6.54 Å². The van der Waals surface area contributed by atoms with Crippen LogP contribution in [0.3, 0.4) is 0 Å². The Hall–Kier alpha value is -4.19. The quantitative estimate of drug-likeness (QED) is 0.463. The summed E-state index contributed by atoms with van der Waals surface area (Å²) >= 11 is 0. The molecule has 0 atom stereocenters. The minimum atomic E-state index is -0.222. The van der Waals surface area contributed by atoms with Gasteiger partial charge in [0, 0.05) is 24.6 Å². The van der Waals surface area contributed by atoms with Crippen LogP contribution in [0.2, 0.25) is 0 Å². The van der Waals surface area contributed by atoms with Gasteiger partial charge < -0.3 is 15.4 Å². The number of pyridine rings is 2. The molecule has 6 nitrogen and oxygen atoms in total. The van der Waals surface area contributed by atoms with E-state index in [1.165, 1.54) is 0 Å². The summed E-state index contributed by atoms with van der Waals surface area (Å²) in [5.74, 6) is 1.33. The van der Waals surface area contributed by atoms with Gasteiger partial charge in [-0.15, -0.1) is 0 Å². The Morgan fingerprint density at radius 2 is 1.50 bits per heavy atom. The lowest BCUT2D eigenvalue weighted by molar-refractivity contribution is 0.0946. The largest absolute Gasteiger partial charge is 0.457 e. The van der Waals surface area contributed by atoms with Crippen molar-refractivity contribution in [1.82, 2.24) is 15.3 Å². The van der Waals surface area contributed by atoms with E-state index in [-0.39, 0.29) is 5.91 Å². The Bertz CT molecular complexity index is 1080. The van der Waals surface area contributed by atoms with Gasteiger partial charge in [-0.3, -0.25) is 9.78 Å². The van der Waals surface area contributed by atoms with Crippen LogP contribution >= 0.6 is 0 Å². The summed E-state index contributed by atoms with van der Waals surface area (Å²) in [5.41, 5.74) is 3.03. The molecule has 0 aliphatic carbocycles. The third-order valence-electron chi connectivity index (χ3n) is 4.32. The van der Waals surface area contributed by atoms with Crippen molar-refractivity contribution in [3.8, 4) is 11.5 Å². The van der Waals surface area contributed by atoms with Gasteiger partial charge in [-0.1, -0.05) is 18.2 Å². The third-order valence-corrected chi connectivity index (χ3v) is 4.32. The summed E-state index contributed by atoms with van der Waals surface area (Å²) in [4.78, 5) is 20.5. The number of rotatable bonds is 7. The fraction of sp³-hybridized carbons (Fsp3) is 0.0417. The van der Waals surface area contributed by atoms with Crippen LogP contribution < -0.4 is 15.4 Å². The zero-order chi connectivity index (χ0) is 20.6. The van der Waals surface area contributed by atoms with E-state index in [9.17, 15) is 4.79 Å². The van der Waals surface area contributed by atoms with Crippen molar-refractivity contribution in [3.05, 3.63) is 109 Å². The lowest BCUT2D eigenvalue weighted by atomic mass is 10.2. The first kappa shape index (κ1) is 19.1. The topological polar surface area (TPSA) is 76.1 Å². The van der Waals surface area contributed by atoms with Gasteiger partial charge in [0.2, 0.25) is 0 Å². The normalized spacial score (nSPS) is 10.3. The van der Waals surface area contributed by atoms with E-state index in [2.05, 4.69) is 20.6 Å². The number of hydrogen-bond acceptors (Lipinski definition) is 5. The molecule has 2 heterocycles. The van der Waals surface area contributed by atoms with E-state index in [1.807, 2.05) is 72.8 Å². The Labute approximate surface area is 174 Å². The van der Waals surface area contributed by atoms with E-state index in [0.717, 1.165) is 28.4 Å². The minimum absolute atomic E-state index is 0.222. The molecule has 0 aliphatic rings. The predicted octanol–water partition coefficient (Wildman–Crippen LogP) is 4.94. The molecule has 0 unspecified atom stereocenters. The maximum Gasteiger partial charge on any atom is 0.270 e. The minimum Gasteiger partial charge on any atom is -0.457 e. The van der Waals surface area contributed by atoms with Crippen molar-refractivity contribution in [2.45, 2.75) is 6.54 Å².